The van der Waals surface area contributed by atoms with Gasteiger partial charge in [0.15, 0.2) is 0 Å². The van der Waals surface area contributed by atoms with Gasteiger partial charge >= 0.3 is 0 Å². The molecule has 4 nitrogen and oxygen atoms in total. The Morgan fingerprint density at radius 1 is 1.27 bits per heavy atom. The van der Waals surface area contributed by atoms with Crippen molar-refractivity contribution in [2.24, 2.45) is 5.92 Å². The van der Waals surface area contributed by atoms with Crippen molar-refractivity contribution < 1.29 is 4.79 Å². The van der Waals surface area contributed by atoms with Crippen molar-refractivity contribution in [1.29, 1.82) is 0 Å². The van der Waals surface area contributed by atoms with Crippen LogP contribution in [0.2, 0.25) is 5.02 Å². The number of hydrogen-bond acceptors (Lipinski definition) is 3. The summed E-state index contributed by atoms with van der Waals surface area (Å²) in [5.41, 5.74) is 0.798. The Hall–Kier alpha value is -0.810. The van der Waals surface area contributed by atoms with Crippen LogP contribution < -0.4 is 10.6 Å². The minimum atomic E-state index is 0. The molecule has 1 aliphatic heterocycles. The third-order valence-electron chi connectivity index (χ3n) is 3.89. The van der Waals surface area contributed by atoms with Crippen LogP contribution in [-0.2, 0) is 4.79 Å². The van der Waals surface area contributed by atoms with E-state index in [0.717, 1.165) is 37.8 Å². The smallest absolute Gasteiger partial charge is 0.238 e. The third kappa shape index (κ3) is 6.53. The van der Waals surface area contributed by atoms with Crippen molar-refractivity contribution >= 4 is 35.6 Å². The van der Waals surface area contributed by atoms with Crippen LogP contribution in [0.5, 0.6) is 0 Å². The minimum absolute atomic E-state index is 0. The minimum Gasteiger partial charge on any atom is -0.325 e. The number of likely N-dealkylation sites (tertiary alicyclic amines) is 1. The van der Waals surface area contributed by atoms with Crippen LogP contribution in [0.3, 0.4) is 0 Å². The number of anilines is 1. The van der Waals surface area contributed by atoms with Crippen LogP contribution in [0.4, 0.5) is 5.69 Å². The average Bonchev–Trinajstić information content (AvgIpc) is 2.49. The maximum absolute atomic E-state index is 12.0. The van der Waals surface area contributed by atoms with Gasteiger partial charge in [0.25, 0.3) is 0 Å². The van der Waals surface area contributed by atoms with Gasteiger partial charge in [0.05, 0.1) is 6.54 Å². The maximum Gasteiger partial charge on any atom is 0.238 e. The molecule has 0 aliphatic carbocycles. The van der Waals surface area contributed by atoms with Crippen molar-refractivity contribution in [3.8, 4) is 0 Å². The maximum atomic E-state index is 12.0. The molecule has 0 saturated carbocycles. The van der Waals surface area contributed by atoms with Crippen molar-refractivity contribution in [3.63, 3.8) is 0 Å². The van der Waals surface area contributed by atoms with Crippen molar-refractivity contribution in [2.45, 2.75) is 19.8 Å². The quantitative estimate of drug-likeness (QED) is 0.832. The second kappa shape index (κ2) is 10.1. The Morgan fingerprint density at radius 2 is 1.91 bits per heavy atom. The average molecular weight is 346 g/mol. The van der Waals surface area contributed by atoms with E-state index in [4.69, 9.17) is 11.6 Å². The van der Waals surface area contributed by atoms with E-state index in [1.54, 1.807) is 12.1 Å². The number of hydrogen-bond donors (Lipinski definition) is 2. The molecular weight excluding hydrogens is 321 g/mol. The van der Waals surface area contributed by atoms with Crippen LogP contribution in [-0.4, -0.2) is 43.5 Å². The predicted octanol–water partition coefficient (Wildman–Crippen LogP) is 3.02. The number of carbonyl (C=O) groups excluding carboxylic acids is 1. The van der Waals surface area contributed by atoms with E-state index in [0.29, 0.717) is 11.6 Å². The first kappa shape index (κ1) is 19.2. The number of amides is 1. The topological polar surface area (TPSA) is 44.4 Å². The fourth-order valence-corrected chi connectivity index (χ4v) is 2.76. The van der Waals surface area contributed by atoms with Crippen LogP contribution in [0.25, 0.3) is 0 Å². The molecule has 1 fully saturated rings. The first-order chi connectivity index (χ1) is 10.2. The molecule has 0 radical (unpaired) electrons. The molecular formula is C16H25Cl2N3O. The number of halogens is 2. The van der Waals surface area contributed by atoms with Crippen molar-refractivity contribution in [3.05, 3.63) is 29.3 Å². The summed E-state index contributed by atoms with van der Waals surface area (Å²) in [5.74, 6) is 0.794. The first-order valence-corrected chi connectivity index (χ1v) is 8.03. The summed E-state index contributed by atoms with van der Waals surface area (Å²) >= 11 is 5.83. The van der Waals surface area contributed by atoms with Crippen LogP contribution in [0, 0.1) is 5.92 Å². The zero-order chi connectivity index (χ0) is 15.1. The molecule has 1 aromatic carbocycles. The second-order valence-electron chi connectivity index (χ2n) is 5.58. The lowest BCUT2D eigenvalue weighted by atomic mass is 9.97. The number of benzene rings is 1. The monoisotopic (exact) mass is 345 g/mol. The van der Waals surface area contributed by atoms with Gasteiger partial charge in [0.2, 0.25) is 5.91 Å². The standard InChI is InChI=1S/C16H24ClN3O.ClH/c1-2-18-11-13-7-9-20(10-8-13)12-16(21)19-15-5-3-14(17)4-6-15;/h3-6,13,18H,2,7-12H2,1H3,(H,19,21);1H. The summed E-state index contributed by atoms with van der Waals surface area (Å²) in [6.45, 7) is 6.74. The van der Waals surface area contributed by atoms with Crippen LogP contribution >= 0.6 is 24.0 Å². The summed E-state index contributed by atoms with van der Waals surface area (Å²) < 4.78 is 0. The molecule has 0 aromatic heterocycles. The molecule has 1 aromatic rings. The van der Waals surface area contributed by atoms with Gasteiger partial charge in [-0.2, -0.15) is 0 Å². The normalized spacial score (nSPS) is 16.1. The fourth-order valence-electron chi connectivity index (χ4n) is 2.63. The largest absolute Gasteiger partial charge is 0.325 e. The number of nitrogens with one attached hydrogen (secondary N) is 2. The molecule has 6 heteroatoms. The Labute approximate surface area is 144 Å². The molecule has 0 spiro atoms. The number of piperidine rings is 1. The van der Waals surface area contributed by atoms with E-state index in [2.05, 4.69) is 22.5 Å². The number of carbonyl (C=O) groups is 1. The highest BCUT2D eigenvalue weighted by molar-refractivity contribution is 6.30. The van der Waals surface area contributed by atoms with Gasteiger partial charge in [-0.15, -0.1) is 12.4 Å². The van der Waals surface area contributed by atoms with Gasteiger partial charge in [0.1, 0.15) is 0 Å². The van der Waals surface area contributed by atoms with E-state index in [-0.39, 0.29) is 18.3 Å². The van der Waals surface area contributed by atoms with E-state index in [1.165, 1.54) is 12.8 Å². The summed E-state index contributed by atoms with van der Waals surface area (Å²) in [6.07, 6.45) is 2.34. The zero-order valence-electron chi connectivity index (χ0n) is 13.0. The molecule has 1 saturated heterocycles. The molecule has 1 heterocycles. The molecule has 0 unspecified atom stereocenters. The molecule has 1 amide bonds. The Morgan fingerprint density at radius 3 is 2.50 bits per heavy atom. The first-order valence-electron chi connectivity index (χ1n) is 7.66. The molecule has 2 N–H and O–H groups in total. The molecule has 0 bridgehead atoms. The van der Waals surface area contributed by atoms with E-state index >= 15 is 0 Å². The predicted molar refractivity (Wildman–Crippen MR) is 95.0 cm³/mol. The molecule has 2 rings (SSSR count). The van der Waals surface area contributed by atoms with E-state index in [1.807, 2.05) is 12.1 Å². The summed E-state index contributed by atoms with van der Waals surface area (Å²) in [7, 11) is 0. The van der Waals surface area contributed by atoms with Gasteiger partial charge in [0, 0.05) is 10.7 Å². The Kier molecular flexibility index (Phi) is 8.79. The lowest BCUT2D eigenvalue weighted by molar-refractivity contribution is -0.117. The van der Waals surface area contributed by atoms with E-state index < -0.39 is 0 Å². The lowest BCUT2D eigenvalue weighted by Crippen LogP contribution is -2.41. The van der Waals surface area contributed by atoms with Crippen LogP contribution in [0.1, 0.15) is 19.8 Å². The molecule has 124 valence electrons. The van der Waals surface area contributed by atoms with Crippen molar-refractivity contribution in [2.75, 3.05) is 38.0 Å². The Balaban J connectivity index is 0.00000242. The molecule has 1 aliphatic rings. The highest BCUT2D eigenvalue weighted by Gasteiger charge is 2.20. The fraction of sp³-hybridized carbons (Fsp3) is 0.562. The Bertz CT molecular complexity index is 445. The van der Waals surface area contributed by atoms with Crippen LogP contribution in [0.15, 0.2) is 24.3 Å². The number of rotatable bonds is 6. The van der Waals surface area contributed by atoms with Gasteiger partial charge < -0.3 is 10.6 Å². The van der Waals surface area contributed by atoms with Gasteiger partial charge in [-0.1, -0.05) is 18.5 Å². The highest BCUT2D eigenvalue weighted by Crippen LogP contribution is 2.17. The highest BCUT2D eigenvalue weighted by atomic mass is 35.5. The van der Waals surface area contributed by atoms with Crippen molar-refractivity contribution in [1.82, 2.24) is 10.2 Å². The lowest BCUT2D eigenvalue weighted by Gasteiger charge is -2.31. The van der Waals surface area contributed by atoms with Gasteiger partial charge in [-0.05, 0) is 69.2 Å². The van der Waals surface area contributed by atoms with E-state index in [9.17, 15) is 4.79 Å². The summed E-state index contributed by atoms with van der Waals surface area (Å²) in [6, 6.07) is 7.21. The molecule has 0 atom stereocenters. The molecule has 22 heavy (non-hydrogen) atoms. The summed E-state index contributed by atoms with van der Waals surface area (Å²) in [5, 5.41) is 6.99. The van der Waals surface area contributed by atoms with Gasteiger partial charge in [-0.3, -0.25) is 9.69 Å². The third-order valence-corrected chi connectivity index (χ3v) is 4.14. The number of nitrogens with zero attached hydrogens (tertiary/aromatic N) is 1. The second-order valence-corrected chi connectivity index (χ2v) is 6.02. The zero-order valence-corrected chi connectivity index (χ0v) is 14.6. The van der Waals surface area contributed by atoms with Gasteiger partial charge in [-0.25, -0.2) is 0 Å². The summed E-state index contributed by atoms with van der Waals surface area (Å²) in [4.78, 5) is 14.3. The SMILES string of the molecule is CCNCC1CCN(CC(=O)Nc2ccc(Cl)cc2)CC1.Cl.